The predicted octanol–water partition coefficient (Wildman–Crippen LogP) is 2.99. The number of hydroxylamine groups is 1. The van der Waals surface area contributed by atoms with E-state index in [0.29, 0.717) is 24.1 Å². The maximum Gasteiger partial charge on any atom is 0.247 e. The summed E-state index contributed by atoms with van der Waals surface area (Å²) in [6.45, 7) is 2.35. The van der Waals surface area contributed by atoms with Gasteiger partial charge in [0.1, 0.15) is 5.52 Å². The van der Waals surface area contributed by atoms with Crippen LogP contribution in [-0.4, -0.2) is 20.4 Å². The number of anilines is 1. The van der Waals surface area contributed by atoms with Crippen molar-refractivity contribution in [2.45, 2.75) is 32.4 Å². The summed E-state index contributed by atoms with van der Waals surface area (Å²) in [5.74, 6) is -0.735. The lowest BCUT2D eigenvalue weighted by Crippen LogP contribution is -2.32. The molecule has 3 atom stereocenters. The van der Waals surface area contributed by atoms with E-state index < -0.39 is 5.95 Å². The predicted molar refractivity (Wildman–Crippen MR) is 102 cm³/mol. The Morgan fingerprint density at radius 3 is 2.93 bits per heavy atom. The number of aromatic nitrogens is 3. The summed E-state index contributed by atoms with van der Waals surface area (Å²) in [4.78, 5) is 25.8. The Morgan fingerprint density at radius 2 is 2.14 bits per heavy atom. The molecule has 1 aromatic carbocycles. The number of hydrogen-bond acceptors (Lipinski definition) is 5. The number of fused-ring (bicyclic) bond motifs is 1. The number of nitrogens with zero attached hydrogens (tertiary/aromatic N) is 3. The van der Waals surface area contributed by atoms with Gasteiger partial charge in [0.15, 0.2) is 5.82 Å². The van der Waals surface area contributed by atoms with Gasteiger partial charge in [-0.1, -0.05) is 37.3 Å². The van der Waals surface area contributed by atoms with Crippen molar-refractivity contribution in [3.05, 3.63) is 54.2 Å². The molecule has 0 bridgehead atoms. The van der Waals surface area contributed by atoms with E-state index >= 15 is 0 Å². The Labute approximate surface area is 161 Å². The number of amides is 1. The van der Waals surface area contributed by atoms with Crippen LogP contribution < -0.4 is 11.2 Å². The summed E-state index contributed by atoms with van der Waals surface area (Å²) in [7, 11) is 0. The normalized spacial score (nSPS) is 21.9. The average molecular weight is 383 g/mol. The molecule has 2 heterocycles. The second-order valence-electron chi connectivity index (χ2n) is 7.30. The highest BCUT2D eigenvalue weighted by Gasteiger charge is 2.37. The molecule has 4 rings (SSSR count). The summed E-state index contributed by atoms with van der Waals surface area (Å²) >= 11 is 0. The molecular weight excluding hydrogens is 361 g/mol. The van der Waals surface area contributed by atoms with Gasteiger partial charge in [-0.2, -0.15) is 4.39 Å². The zero-order valence-corrected chi connectivity index (χ0v) is 15.5. The molecule has 8 heteroatoms. The zero-order valence-electron chi connectivity index (χ0n) is 15.5. The number of imidazole rings is 1. The van der Waals surface area contributed by atoms with Gasteiger partial charge in [-0.05, 0) is 24.3 Å². The second kappa shape index (κ2) is 7.55. The first kappa shape index (κ1) is 18.4. The number of halogens is 1. The third-order valence-corrected chi connectivity index (χ3v) is 5.40. The molecule has 0 spiro atoms. The average Bonchev–Trinajstić information content (AvgIpc) is 3.26. The van der Waals surface area contributed by atoms with Gasteiger partial charge in [-0.3, -0.25) is 9.63 Å². The van der Waals surface area contributed by atoms with Gasteiger partial charge in [-0.15, -0.1) is 0 Å². The van der Waals surface area contributed by atoms with Crippen LogP contribution >= 0.6 is 0 Å². The smallest absolute Gasteiger partial charge is 0.247 e. The van der Waals surface area contributed by atoms with E-state index in [4.69, 9.17) is 10.6 Å². The van der Waals surface area contributed by atoms with Gasteiger partial charge >= 0.3 is 0 Å². The van der Waals surface area contributed by atoms with E-state index in [-0.39, 0.29) is 29.6 Å². The van der Waals surface area contributed by atoms with Gasteiger partial charge in [0.05, 0.1) is 18.5 Å². The van der Waals surface area contributed by atoms with Gasteiger partial charge < -0.3 is 10.3 Å². The fraction of sp³-hybridized carbons (Fsp3) is 0.350. The minimum absolute atomic E-state index is 0.0334. The lowest BCUT2D eigenvalue weighted by molar-refractivity contribution is -0.139. The third-order valence-electron chi connectivity index (χ3n) is 5.40. The molecule has 1 aliphatic carbocycles. The monoisotopic (exact) mass is 383 g/mol. The molecule has 0 saturated heterocycles. The number of pyridine rings is 1. The summed E-state index contributed by atoms with van der Waals surface area (Å²) in [6.07, 6.45) is 3.05. The summed E-state index contributed by atoms with van der Waals surface area (Å²) in [5, 5.41) is 0. The SMILES string of the molecule is C[C@H]1C[C@@H](n2cnc3c(N)nc(F)cc32)C[C@@H]1C(=O)NOCc1ccccc1. The molecule has 3 N–H and O–H groups in total. The Balaban J connectivity index is 1.42. The Bertz CT molecular complexity index is 991. The fourth-order valence-corrected chi connectivity index (χ4v) is 3.96. The maximum atomic E-state index is 13.7. The standard InChI is InChI=1S/C20H22FN5O2/c1-12-7-14(26-11-23-18-16(26)9-17(21)24-19(18)22)8-15(12)20(27)25-28-10-13-5-3-2-4-6-13/h2-6,9,11-12,14-15H,7-8,10H2,1H3,(H2,22,24)(H,25,27)/t12-,14+,15-/m0/s1. The number of carbonyl (C=O) groups excluding carboxylic acids is 1. The molecule has 1 fully saturated rings. The summed E-state index contributed by atoms with van der Waals surface area (Å²) in [6, 6.07) is 11.0. The van der Waals surface area contributed by atoms with Crippen molar-refractivity contribution in [1.29, 1.82) is 0 Å². The molecule has 1 aliphatic rings. The minimum atomic E-state index is -0.638. The molecule has 7 nitrogen and oxygen atoms in total. The van der Waals surface area contributed by atoms with Crippen LogP contribution in [0.25, 0.3) is 11.0 Å². The quantitative estimate of drug-likeness (QED) is 0.522. The molecule has 28 heavy (non-hydrogen) atoms. The highest BCUT2D eigenvalue weighted by molar-refractivity contribution is 5.85. The van der Waals surface area contributed by atoms with Crippen molar-refractivity contribution in [2.24, 2.45) is 11.8 Å². The van der Waals surface area contributed by atoms with Crippen LogP contribution in [0.15, 0.2) is 42.7 Å². The molecule has 0 unspecified atom stereocenters. The van der Waals surface area contributed by atoms with E-state index in [2.05, 4.69) is 15.4 Å². The molecule has 2 aromatic heterocycles. The highest BCUT2D eigenvalue weighted by atomic mass is 19.1. The van der Waals surface area contributed by atoms with Crippen molar-refractivity contribution >= 4 is 22.8 Å². The molecule has 3 aromatic rings. The number of hydrogen-bond donors (Lipinski definition) is 2. The van der Waals surface area contributed by atoms with Crippen molar-refractivity contribution in [2.75, 3.05) is 5.73 Å². The van der Waals surface area contributed by atoms with Gasteiger partial charge in [0.25, 0.3) is 0 Å². The van der Waals surface area contributed by atoms with Crippen molar-refractivity contribution in [3.8, 4) is 0 Å². The van der Waals surface area contributed by atoms with Crippen LogP contribution in [0.5, 0.6) is 0 Å². The molecule has 1 saturated carbocycles. The molecule has 0 aliphatic heterocycles. The first-order chi connectivity index (χ1) is 13.5. The largest absolute Gasteiger partial charge is 0.382 e. The third kappa shape index (κ3) is 3.55. The molecule has 1 amide bonds. The summed E-state index contributed by atoms with van der Waals surface area (Å²) < 4.78 is 15.6. The Hall–Kier alpha value is -3.00. The first-order valence-corrected chi connectivity index (χ1v) is 9.27. The number of nitrogen functional groups attached to an aromatic ring is 1. The molecule has 0 radical (unpaired) electrons. The van der Waals surface area contributed by atoms with E-state index in [1.54, 1.807) is 6.33 Å². The van der Waals surface area contributed by atoms with Crippen molar-refractivity contribution in [3.63, 3.8) is 0 Å². The van der Waals surface area contributed by atoms with E-state index in [1.165, 1.54) is 6.07 Å². The van der Waals surface area contributed by atoms with Crippen molar-refractivity contribution < 1.29 is 14.0 Å². The number of nitrogens with one attached hydrogen (secondary N) is 1. The fourth-order valence-electron chi connectivity index (χ4n) is 3.96. The topological polar surface area (TPSA) is 95.1 Å². The second-order valence-corrected chi connectivity index (χ2v) is 7.30. The van der Waals surface area contributed by atoms with Crippen molar-refractivity contribution in [1.82, 2.24) is 20.0 Å². The number of rotatable bonds is 5. The zero-order chi connectivity index (χ0) is 19.7. The van der Waals surface area contributed by atoms with E-state index in [0.717, 1.165) is 12.0 Å². The van der Waals surface area contributed by atoms with Crippen LogP contribution in [-0.2, 0) is 16.2 Å². The van der Waals surface area contributed by atoms with Gasteiger partial charge in [0, 0.05) is 18.0 Å². The van der Waals surface area contributed by atoms with Crippen LogP contribution in [0.3, 0.4) is 0 Å². The highest BCUT2D eigenvalue weighted by Crippen LogP contribution is 2.41. The van der Waals surface area contributed by atoms with Crippen LogP contribution in [0.4, 0.5) is 10.2 Å². The van der Waals surface area contributed by atoms with Gasteiger partial charge in [-0.25, -0.2) is 15.4 Å². The minimum Gasteiger partial charge on any atom is -0.382 e. The number of benzene rings is 1. The Morgan fingerprint density at radius 1 is 1.36 bits per heavy atom. The lowest BCUT2D eigenvalue weighted by atomic mass is 9.98. The van der Waals surface area contributed by atoms with E-state index in [1.807, 2.05) is 41.8 Å². The first-order valence-electron chi connectivity index (χ1n) is 9.27. The molecule has 146 valence electrons. The van der Waals surface area contributed by atoms with Crippen LogP contribution in [0.1, 0.15) is 31.4 Å². The number of nitrogens with two attached hydrogens (primary N) is 1. The van der Waals surface area contributed by atoms with Crippen LogP contribution in [0.2, 0.25) is 0 Å². The number of carbonyl (C=O) groups is 1. The van der Waals surface area contributed by atoms with Crippen LogP contribution in [0, 0.1) is 17.8 Å². The Kier molecular flexibility index (Phi) is 4.95. The maximum absolute atomic E-state index is 13.7. The van der Waals surface area contributed by atoms with Gasteiger partial charge in [0.2, 0.25) is 11.9 Å². The lowest BCUT2D eigenvalue weighted by Gasteiger charge is -2.15. The van der Waals surface area contributed by atoms with E-state index in [9.17, 15) is 9.18 Å². The summed E-state index contributed by atoms with van der Waals surface area (Å²) in [5.41, 5.74) is 10.4. The molecular formula is C20H22FN5O2.